The highest BCUT2D eigenvalue weighted by molar-refractivity contribution is 4.97. The van der Waals surface area contributed by atoms with Crippen molar-refractivity contribution < 1.29 is 14.6 Å². The first-order valence-corrected chi connectivity index (χ1v) is 4.31. The average Bonchev–Trinajstić information content (AvgIpc) is 2.19. The number of rotatable bonds is 3. The van der Waals surface area contributed by atoms with E-state index >= 15 is 0 Å². The molecule has 0 fully saturated rings. The van der Waals surface area contributed by atoms with Crippen LogP contribution in [0.3, 0.4) is 0 Å². The van der Waals surface area contributed by atoms with Crippen LogP contribution in [0.2, 0.25) is 0 Å². The Morgan fingerprint density at radius 3 is 3.23 bits per heavy atom. The molecule has 0 aromatic heterocycles. The van der Waals surface area contributed by atoms with Crippen LogP contribution in [0.5, 0.6) is 0 Å². The average molecular weight is 182 g/mol. The number of aliphatic hydroxyl groups is 1. The van der Waals surface area contributed by atoms with Gasteiger partial charge in [0.05, 0.1) is 12.7 Å². The molecular weight excluding hydrogens is 168 g/mol. The predicted octanol–water partition coefficient (Wildman–Crippen LogP) is 0.690. The Hall–Kier alpha value is -0.820. The number of aliphatic hydroxyl groups excluding tert-OH is 1. The first-order valence-electron chi connectivity index (χ1n) is 4.31. The second-order valence-electron chi connectivity index (χ2n) is 2.71. The molecule has 0 aromatic rings. The van der Waals surface area contributed by atoms with E-state index in [4.69, 9.17) is 14.6 Å². The normalized spacial score (nSPS) is 26.6. The van der Waals surface area contributed by atoms with E-state index in [-0.39, 0.29) is 19.0 Å². The van der Waals surface area contributed by atoms with Gasteiger partial charge in [0, 0.05) is 0 Å². The molecule has 0 radical (unpaired) electrons. The Morgan fingerprint density at radius 2 is 2.54 bits per heavy atom. The molecule has 1 aliphatic heterocycles. The van der Waals surface area contributed by atoms with E-state index in [0.717, 1.165) is 6.42 Å². The molecule has 2 atom stereocenters. The van der Waals surface area contributed by atoms with Gasteiger partial charge >= 0.3 is 0 Å². The molecule has 0 saturated heterocycles. The van der Waals surface area contributed by atoms with Crippen LogP contribution >= 0.6 is 0 Å². The van der Waals surface area contributed by atoms with Gasteiger partial charge in [0.15, 0.2) is 6.29 Å². The summed E-state index contributed by atoms with van der Waals surface area (Å²) in [6.07, 6.45) is 4.05. The zero-order valence-electron chi connectivity index (χ0n) is 7.69. The monoisotopic (exact) mass is 182 g/mol. The molecule has 0 saturated carbocycles. The zero-order valence-corrected chi connectivity index (χ0v) is 7.69. The molecule has 0 aromatic carbocycles. The van der Waals surface area contributed by atoms with Gasteiger partial charge in [-0.1, -0.05) is 12.0 Å². The molecule has 0 bridgehead atoms. The number of ether oxygens (including phenoxy) is 2. The molecule has 0 aliphatic carbocycles. The van der Waals surface area contributed by atoms with Crippen LogP contribution in [0.4, 0.5) is 0 Å². The fourth-order valence-electron chi connectivity index (χ4n) is 1.04. The van der Waals surface area contributed by atoms with E-state index in [2.05, 4.69) is 11.8 Å². The van der Waals surface area contributed by atoms with Crippen LogP contribution in [0.25, 0.3) is 0 Å². The Bertz CT molecular complexity index is 224. The summed E-state index contributed by atoms with van der Waals surface area (Å²) in [4.78, 5) is 0. The summed E-state index contributed by atoms with van der Waals surface area (Å²) in [5, 5.41) is 8.84. The first kappa shape index (κ1) is 10.3. The molecule has 1 heterocycles. The van der Waals surface area contributed by atoms with E-state index < -0.39 is 0 Å². The molecule has 1 unspecified atom stereocenters. The molecule has 3 nitrogen and oxygen atoms in total. The van der Waals surface area contributed by atoms with Crippen LogP contribution in [0.15, 0.2) is 12.2 Å². The summed E-state index contributed by atoms with van der Waals surface area (Å²) in [6.45, 7) is 2.16. The SMILES string of the molecule is CC#CCO[C@@H]1C=CCC(CO)O1. The quantitative estimate of drug-likeness (QED) is 0.515. The summed E-state index contributed by atoms with van der Waals surface area (Å²) in [7, 11) is 0. The predicted molar refractivity (Wildman–Crippen MR) is 48.9 cm³/mol. The Balaban J connectivity index is 2.29. The van der Waals surface area contributed by atoms with Gasteiger partial charge in [-0.05, 0) is 19.4 Å². The standard InChI is InChI=1S/C10H14O3/c1-2-3-7-12-10-6-4-5-9(8-11)13-10/h4,6,9-11H,5,7-8H2,1H3/t9?,10-/m0/s1. The van der Waals surface area contributed by atoms with Crippen molar-refractivity contribution in [3.63, 3.8) is 0 Å². The summed E-state index contributed by atoms with van der Waals surface area (Å²) < 4.78 is 10.6. The Labute approximate surface area is 78.3 Å². The lowest BCUT2D eigenvalue weighted by Crippen LogP contribution is -2.28. The maximum atomic E-state index is 8.84. The minimum Gasteiger partial charge on any atom is -0.394 e. The summed E-state index contributed by atoms with van der Waals surface area (Å²) in [5.74, 6) is 5.51. The molecule has 0 spiro atoms. The van der Waals surface area contributed by atoms with Crippen molar-refractivity contribution in [3.05, 3.63) is 12.2 Å². The highest BCUT2D eigenvalue weighted by Crippen LogP contribution is 2.12. The van der Waals surface area contributed by atoms with Crippen molar-refractivity contribution in [1.29, 1.82) is 0 Å². The van der Waals surface area contributed by atoms with Crippen molar-refractivity contribution >= 4 is 0 Å². The molecule has 1 aliphatic rings. The number of hydrogen-bond acceptors (Lipinski definition) is 3. The van der Waals surface area contributed by atoms with E-state index in [0.29, 0.717) is 6.61 Å². The molecule has 72 valence electrons. The van der Waals surface area contributed by atoms with Crippen molar-refractivity contribution in [2.45, 2.75) is 25.7 Å². The van der Waals surface area contributed by atoms with Gasteiger partial charge in [-0.25, -0.2) is 0 Å². The van der Waals surface area contributed by atoms with Crippen molar-refractivity contribution in [2.24, 2.45) is 0 Å². The molecule has 3 heteroatoms. The van der Waals surface area contributed by atoms with Crippen molar-refractivity contribution in [1.82, 2.24) is 0 Å². The third-order valence-electron chi connectivity index (χ3n) is 1.72. The van der Waals surface area contributed by atoms with E-state index in [9.17, 15) is 0 Å². The van der Waals surface area contributed by atoms with Crippen LogP contribution in [-0.2, 0) is 9.47 Å². The highest BCUT2D eigenvalue weighted by Gasteiger charge is 2.16. The van der Waals surface area contributed by atoms with Crippen LogP contribution in [-0.4, -0.2) is 30.7 Å². The lowest BCUT2D eigenvalue weighted by atomic mass is 10.2. The fourth-order valence-corrected chi connectivity index (χ4v) is 1.04. The molecule has 13 heavy (non-hydrogen) atoms. The van der Waals surface area contributed by atoms with Crippen molar-refractivity contribution in [2.75, 3.05) is 13.2 Å². The molecule has 1 rings (SSSR count). The maximum Gasteiger partial charge on any atom is 0.178 e. The lowest BCUT2D eigenvalue weighted by Gasteiger charge is -2.23. The van der Waals surface area contributed by atoms with Gasteiger partial charge < -0.3 is 14.6 Å². The van der Waals surface area contributed by atoms with Crippen LogP contribution in [0.1, 0.15) is 13.3 Å². The van der Waals surface area contributed by atoms with Gasteiger partial charge in [-0.3, -0.25) is 0 Å². The van der Waals surface area contributed by atoms with E-state index in [1.165, 1.54) is 0 Å². The Kier molecular flexibility index (Phi) is 4.55. The lowest BCUT2D eigenvalue weighted by molar-refractivity contribution is -0.149. The molecular formula is C10H14O3. The van der Waals surface area contributed by atoms with Crippen molar-refractivity contribution in [3.8, 4) is 11.8 Å². The highest BCUT2D eigenvalue weighted by atomic mass is 16.7. The third kappa shape index (κ3) is 3.60. The third-order valence-corrected chi connectivity index (χ3v) is 1.72. The smallest absolute Gasteiger partial charge is 0.178 e. The van der Waals surface area contributed by atoms with Crippen LogP contribution in [0, 0.1) is 11.8 Å². The first-order chi connectivity index (χ1) is 6.36. The minimum absolute atomic E-state index is 0.0314. The molecule has 1 N–H and O–H groups in total. The van der Waals surface area contributed by atoms with Gasteiger partial charge in [-0.2, -0.15) is 0 Å². The second-order valence-corrected chi connectivity index (χ2v) is 2.71. The summed E-state index contributed by atoms with van der Waals surface area (Å²) in [6, 6.07) is 0. The topological polar surface area (TPSA) is 38.7 Å². The van der Waals surface area contributed by atoms with E-state index in [1.54, 1.807) is 6.92 Å². The summed E-state index contributed by atoms with van der Waals surface area (Å²) >= 11 is 0. The van der Waals surface area contributed by atoms with Gasteiger partial charge in [0.2, 0.25) is 0 Å². The summed E-state index contributed by atoms with van der Waals surface area (Å²) in [5.41, 5.74) is 0. The van der Waals surface area contributed by atoms with Gasteiger partial charge in [0.25, 0.3) is 0 Å². The van der Waals surface area contributed by atoms with Crippen LogP contribution < -0.4 is 0 Å². The largest absolute Gasteiger partial charge is 0.394 e. The zero-order chi connectivity index (χ0) is 9.52. The maximum absolute atomic E-state index is 8.84. The molecule has 0 amide bonds. The van der Waals surface area contributed by atoms with E-state index in [1.807, 2.05) is 12.2 Å². The Morgan fingerprint density at radius 1 is 1.69 bits per heavy atom. The second kappa shape index (κ2) is 5.76. The number of hydrogen-bond donors (Lipinski definition) is 1. The minimum atomic E-state index is -0.355. The van der Waals surface area contributed by atoms with Gasteiger partial charge in [-0.15, -0.1) is 5.92 Å². The fraction of sp³-hybridized carbons (Fsp3) is 0.600. The van der Waals surface area contributed by atoms with Gasteiger partial charge in [0.1, 0.15) is 6.61 Å².